The summed E-state index contributed by atoms with van der Waals surface area (Å²) in [4.78, 5) is 180. The Morgan fingerprint density at radius 2 is 0.821 bits per heavy atom. The summed E-state index contributed by atoms with van der Waals surface area (Å²) in [5.74, 6) is -21.1. The third kappa shape index (κ3) is 14.5. The van der Waals surface area contributed by atoms with E-state index in [1.807, 2.05) is 0 Å². The lowest BCUT2D eigenvalue weighted by Gasteiger charge is -2.43. The first-order valence-corrected chi connectivity index (χ1v) is 22.3. The smallest absolute Gasteiger partial charge is 0.344 e. The molecular weight excluding hydrogens is 1050 g/mol. The van der Waals surface area contributed by atoms with Crippen molar-refractivity contribution in [3.8, 4) is 46.0 Å². The molecule has 0 saturated carbocycles. The Bertz CT molecular complexity index is 3250. The molecule has 0 amide bonds. The number of hydrogen-bond acceptors (Lipinski definition) is 29. The van der Waals surface area contributed by atoms with Crippen LogP contribution >= 0.6 is 0 Å². The summed E-state index contributed by atoms with van der Waals surface area (Å²) in [5.41, 5.74) is -3.78. The van der Waals surface area contributed by atoms with Crippen LogP contribution in [-0.4, -0.2) is 115 Å². The third-order valence-corrected chi connectivity index (χ3v) is 9.64. The van der Waals surface area contributed by atoms with E-state index in [-0.39, 0.29) is 0 Å². The summed E-state index contributed by atoms with van der Waals surface area (Å²) >= 11 is 0. The number of ether oxygens (including phenoxy) is 14. The molecule has 0 unspecified atom stereocenters. The number of esters is 13. The van der Waals surface area contributed by atoms with E-state index in [4.69, 9.17) is 70.7 Å². The first-order valence-electron chi connectivity index (χ1n) is 22.3. The van der Waals surface area contributed by atoms with Crippen molar-refractivity contribution in [2.24, 2.45) is 0 Å². The van der Waals surface area contributed by atoms with E-state index in [9.17, 15) is 67.1 Å². The van der Waals surface area contributed by atoms with Gasteiger partial charge in [-0.05, 0) is 12.1 Å². The van der Waals surface area contributed by atoms with E-state index in [0.29, 0.717) is 0 Å². The fourth-order valence-corrected chi connectivity index (χ4v) is 7.37. The standard InChI is InChI=1S/C49H44O29/c1-17(50)65-31-12-28(13-32(66-18(2)51)38(31)69-21(5)54)46(61)78-49-45(75-27(11)60)44(74-26(10)59)41(72-24(8)57)35(76-49)16-64-47(62)29-14-33(67-19(3)52)40(71-23(7)56)43-36(29)37-30(48(63)77-43)15-34(68-20(4)53)39(70-22(6)55)42(37)73-25(9)58/h12-15,35,41,44-45,49H,16H2,1-11H3/t35-,41-,44+,45-,49-/m1/s1. The van der Waals surface area contributed by atoms with Crippen molar-refractivity contribution in [1.82, 2.24) is 0 Å². The van der Waals surface area contributed by atoms with Gasteiger partial charge in [-0.2, -0.15) is 0 Å². The van der Waals surface area contributed by atoms with Gasteiger partial charge < -0.3 is 70.7 Å². The van der Waals surface area contributed by atoms with Crippen molar-refractivity contribution < 1.29 is 133 Å². The molecule has 1 aliphatic rings. The zero-order valence-corrected chi connectivity index (χ0v) is 42.7. The fraction of sp³-hybridized carbons (Fsp3) is 0.347. The monoisotopic (exact) mass is 1100 g/mol. The second-order valence-electron chi connectivity index (χ2n) is 16.1. The van der Waals surface area contributed by atoms with Crippen molar-refractivity contribution in [1.29, 1.82) is 0 Å². The number of carbonyl (C=O) groups excluding carboxylic acids is 13. The quantitative estimate of drug-likeness (QED) is 0.0511. The maximum absolute atomic E-state index is 14.8. The third-order valence-electron chi connectivity index (χ3n) is 9.64. The lowest BCUT2D eigenvalue weighted by molar-refractivity contribution is -0.294. The zero-order chi connectivity index (χ0) is 58.2. The molecule has 4 aromatic rings. The van der Waals surface area contributed by atoms with Crippen LogP contribution < -0.4 is 43.5 Å². The second-order valence-corrected chi connectivity index (χ2v) is 16.1. The van der Waals surface area contributed by atoms with Gasteiger partial charge in [0, 0.05) is 99.1 Å². The highest BCUT2D eigenvalue weighted by Gasteiger charge is 2.54. The predicted octanol–water partition coefficient (Wildman–Crippen LogP) is 2.88. The van der Waals surface area contributed by atoms with Gasteiger partial charge in [0.1, 0.15) is 12.7 Å². The molecule has 78 heavy (non-hydrogen) atoms. The van der Waals surface area contributed by atoms with Crippen LogP contribution in [0.2, 0.25) is 0 Å². The fourth-order valence-electron chi connectivity index (χ4n) is 7.37. The highest BCUT2D eigenvalue weighted by molar-refractivity contribution is 6.20. The minimum atomic E-state index is -2.28. The van der Waals surface area contributed by atoms with Crippen LogP contribution in [0.4, 0.5) is 0 Å². The van der Waals surface area contributed by atoms with Crippen molar-refractivity contribution >= 4 is 99.3 Å². The average molecular weight is 1100 g/mol. The Morgan fingerprint density at radius 3 is 1.29 bits per heavy atom. The Kier molecular flexibility index (Phi) is 18.7. The zero-order valence-electron chi connectivity index (χ0n) is 42.7. The van der Waals surface area contributed by atoms with Crippen LogP contribution in [-0.2, 0) is 81.2 Å². The molecule has 1 saturated heterocycles. The van der Waals surface area contributed by atoms with Gasteiger partial charge in [-0.3, -0.25) is 52.7 Å². The van der Waals surface area contributed by atoms with Gasteiger partial charge in [0.2, 0.25) is 29.6 Å². The lowest BCUT2D eigenvalue weighted by atomic mass is 9.97. The molecule has 5 rings (SSSR count). The summed E-state index contributed by atoms with van der Waals surface area (Å²) < 4.78 is 81.0. The van der Waals surface area contributed by atoms with Crippen LogP contribution in [0.1, 0.15) is 96.9 Å². The van der Waals surface area contributed by atoms with Crippen molar-refractivity contribution in [2.45, 2.75) is 107 Å². The molecule has 0 aliphatic carbocycles. The molecule has 414 valence electrons. The summed E-state index contributed by atoms with van der Waals surface area (Å²) in [6.07, 6.45) is -10.3. The van der Waals surface area contributed by atoms with Crippen LogP contribution in [0.15, 0.2) is 33.5 Å². The van der Waals surface area contributed by atoms with E-state index in [0.717, 1.165) is 100 Å². The number of hydrogen-bond donors (Lipinski definition) is 0. The summed E-state index contributed by atoms with van der Waals surface area (Å²) in [7, 11) is 0. The summed E-state index contributed by atoms with van der Waals surface area (Å²) in [6, 6.07) is 3.12. The normalized spacial score (nSPS) is 16.5. The molecule has 2 heterocycles. The van der Waals surface area contributed by atoms with Gasteiger partial charge in [0.25, 0.3) is 0 Å². The first-order chi connectivity index (χ1) is 36.4. The molecule has 0 bridgehead atoms. The average Bonchev–Trinajstić information content (AvgIpc) is 3.49. The van der Waals surface area contributed by atoms with E-state index in [1.54, 1.807) is 0 Å². The topological polar surface area (TPSA) is 381 Å². The second kappa shape index (κ2) is 24.7. The number of fused-ring (bicyclic) bond motifs is 3. The van der Waals surface area contributed by atoms with Gasteiger partial charge in [-0.15, -0.1) is 0 Å². The maximum atomic E-state index is 14.8. The van der Waals surface area contributed by atoms with Gasteiger partial charge in [0.15, 0.2) is 46.5 Å². The van der Waals surface area contributed by atoms with Crippen LogP contribution in [0.3, 0.4) is 0 Å². The predicted molar refractivity (Wildman–Crippen MR) is 248 cm³/mol. The molecule has 0 N–H and O–H groups in total. The molecule has 1 aliphatic heterocycles. The Labute approximate surface area is 436 Å². The molecule has 1 fully saturated rings. The number of benzene rings is 3. The van der Waals surface area contributed by atoms with Gasteiger partial charge >= 0.3 is 83.2 Å². The minimum Gasteiger partial charge on any atom is -0.459 e. The SMILES string of the molecule is CC(=O)Oc1cc(C(=O)O[C@H]2O[C@H](COC(=O)c3cc(OC(C)=O)c(OC(C)=O)c4oc(=O)c5cc(OC(C)=O)c(OC(C)=O)c(OC(C)=O)c5c34)[C@@H](OC(C)=O)[C@H](OC(C)=O)[C@H]2OC(C)=O)cc(OC(C)=O)c1OC(C)=O. The van der Waals surface area contributed by atoms with Crippen LogP contribution in [0, 0.1) is 0 Å². The summed E-state index contributed by atoms with van der Waals surface area (Å²) in [6.45, 7) is 8.68. The van der Waals surface area contributed by atoms with Crippen molar-refractivity contribution in [2.75, 3.05) is 6.61 Å². The maximum Gasteiger partial charge on any atom is 0.344 e. The van der Waals surface area contributed by atoms with Crippen molar-refractivity contribution in [3.63, 3.8) is 0 Å². The molecule has 29 nitrogen and oxygen atoms in total. The molecule has 1 aromatic heterocycles. The largest absolute Gasteiger partial charge is 0.459 e. The van der Waals surface area contributed by atoms with Crippen LogP contribution in [0.25, 0.3) is 21.7 Å². The highest BCUT2D eigenvalue weighted by atomic mass is 16.7. The lowest BCUT2D eigenvalue weighted by Crippen LogP contribution is -2.63. The van der Waals surface area contributed by atoms with E-state index in [1.165, 1.54) is 0 Å². The van der Waals surface area contributed by atoms with Gasteiger partial charge in [-0.25, -0.2) is 14.4 Å². The van der Waals surface area contributed by atoms with Crippen molar-refractivity contribution in [3.05, 3.63) is 45.8 Å². The van der Waals surface area contributed by atoms with E-state index < -0.39 is 199 Å². The molecule has 3 aromatic carbocycles. The van der Waals surface area contributed by atoms with E-state index in [2.05, 4.69) is 0 Å². The first kappa shape index (κ1) is 59.1. The molecule has 5 atom stereocenters. The number of carbonyl (C=O) groups is 13. The molecule has 0 spiro atoms. The Morgan fingerprint density at radius 1 is 0.410 bits per heavy atom. The Balaban J connectivity index is 1.77. The molecule has 29 heteroatoms. The van der Waals surface area contributed by atoms with Gasteiger partial charge in [0.05, 0.1) is 16.5 Å². The molecular formula is C49H44O29. The Hall–Kier alpha value is -9.80. The minimum absolute atomic E-state index is 0.639. The summed E-state index contributed by atoms with van der Waals surface area (Å²) in [5, 5.41) is -2.03. The van der Waals surface area contributed by atoms with E-state index >= 15 is 0 Å². The van der Waals surface area contributed by atoms with Crippen LogP contribution in [0.5, 0.6) is 46.0 Å². The molecule has 0 radical (unpaired) electrons. The highest BCUT2D eigenvalue weighted by Crippen LogP contribution is 2.50. The number of rotatable bonds is 16. The van der Waals surface area contributed by atoms with Gasteiger partial charge in [-0.1, -0.05) is 0 Å².